The van der Waals surface area contributed by atoms with Crippen molar-refractivity contribution >= 4 is 17.8 Å². The second kappa shape index (κ2) is 10.6. The molecule has 0 bridgehead atoms. The molecule has 2 aliphatic heterocycles. The molecule has 39 heavy (non-hydrogen) atoms. The molecule has 0 fully saturated rings. The maximum Gasteiger partial charge on any atom is 0.312 e. The Kier molecular flexibility index (Phi) is 7.02. The molecule has 0 amide bonds. The number of carbonyl (C=O) groups is 2. The van der Waals surface area contributed by atoms with Crippen LogP contribution in [0.3, 0.4) is 0 Å². The summed E-state index contributed by atoms with van der Waals surface area (Å²) in [7, 11) is 4.67. The summed E-state index contributed by atoms with van der Waals surface area (Å²) in [5.74, 6) is 2.01. The summed E-state index contributed by atoms with van der Waals surface area (Å²) < 4.78 is 33.8. The van der Waals surface area contributed by atoms with E-state index in [9.17, 15) is 9.59 Å². The van der Waals surface area contributed by atoms with Crippen molar-refractivity contribution in [3.8, 4) is 34.5 Å². The van der Waals surface area contributed by atoms with Crippen molar-refractivity contribution in [2.45, 2.75) is 19.3 Å². The highest BCUT2D eigenvalue weighted by atomic mass is 16.5. The Morgan fingerprint density at radius 1 is 0.923 bits per heavy atom. The zero-order chi connectivity index (χ0) is 27.7. The van der Waals surface area contributed by atoms with E-state index in [0.29, 0.717) is 57.8 Å². The largest absolute Gasteiger partial charge is 0.493 e. The van der Waals surface area contributed by atoms with E-state index in [1.54, 1.807) is 63.8 Å². The van der Waals surface area contributed by atoms with E-state index < -0.39 is 5.92 Å². The smallest absolute Gasteiger partial charge is 0.312 e. The van der Waals surface area contributed by atoms with Crippen molar-refractivity contribution < 1.29 is 38.0 Å². The number of allylic oxidation sites excluding steroid dienone is 1. The van der Waals surface area contributed by atoms with Gasteiger partial charge < -0.3 is 28.4 Å². The molecule has 3 aromatic rings. The summed E-state index contributed by atoms with van der Waals surface area (Å²) in [4.78, 5) is 25.9. The Morgan fingerprint density at radius 2 is 1.64 bits per heavy atom. The first-order valence-corrected chi connectivity index (χ1v) is 12.3. The van der Waals surface area contributed by atoms with E-state index in [1.165, 1.54) is 0 Å². The molecular weight excluding hydrogens is 500 g/mol. The number of fused-ring (bicyclic) bond motifs is 3. The molecule has 8 nitrogen and oxygen atoms in total. The highest BCUT2D eigenvalue weighted by Gasteiger charge is 2.38. The number of hydrogen-bond acceptors (Lipinski definition) is 8. The number of Topliss-reactive ketones (excluding diaryl/α,β-unsaturated/α-hetero) is 1. The Bertz CT molecular complexity index is 1520. The van der Waals surface area contributed by atoms with Crippen LogP contribution in [-0.4, -0.2) is 39.7 Å². The van der Waals surface area contributed by atoms with Crippen LogP contribution in [0, 0.1) is 0 Å². The SMILES string of the molecule is C=C(C)COc1cc([C@H]2CC(=O)Oc3ccc4c(c32)O/C(=C\c2ccc(OC)c(OC)c2)C4=O)ccc1OC. The maximum absolute atomic E-state index is 13.4. The van der Waals surface area contributed by atoms with Crippen LogP contribution in [0.15, 0.2) is 66.4 Å². The third kappa shape index (κ3) is 4.93. The van der Waals surface area contributed by atoms with Crippen molar-refractivity contribution in [2.24, 2.45) is 0 Å². The molecule has 0 N–H and O–H groups in total. The second-order valence-corrected chi connectivity index (χ2v) is 9.30. The van der Waals surface area contributed by atoms with Gasteiger partial charge in [-0.05, 0) is 66.1 Å². The molecule has 0 radical (unpaired) electrons. The molecule has 5 rings (SSSR count). The van der Waals surface area contributed by atoms with E-state index in [-0.39, 0.29) is 23.9 Å². The Balaban J connectivity index is 1.55. The van der Waals surface area contributed by atoms with E-state index in [0.717, 1.165) is 11.1 Å². The molecule has 0 saturated heterocycles. The number of benzene rings is 3. The fraction of sp³-hybridized carbons (Fsp3) is 0.226. The van der Waals surface area contributed by atoms with Crippen LogP contribution < -0.4 is 28.4 Å². The summed E-state index contributed by atoms with van der Waals surface area (Å²) in [6, 6.07) is 14.1. The lowest BCUT2D eigenvalue weighted by atomic mass is 9.84. The Morgan fingerprint density at radius 3 is 2.36 bits per heavy atom. The summed E-state index contributed by atoms with van der Waals surface area (Å²) in [6.07, 6.45) is 1.72. The Labute approximate surface area is 226 Å². The van der Waals surface area contributed by atoms with Crippen LogP contribution in [0.5, 0.6) is 34.5 Å². The van der Waals surface area contributed by atoms with Gasteiger partial charge in [0, 0.05) is 11.5 Å². The minimum Gasteiger partial charge on any atom is -0.493 e. The van der Waals surface area contributed by atoms with Gasteiger partial charge in [-0.3, -0.25) is 9.59 Å². The second-order valence-electron chi connectivity index (χ2n) is 9.30. The zero-order valence-electron chi connectivity index (χ0n) is 22.2. The number of esters is 1. The first kappa shape index (κ1) is 25.9. The topological polar surface area (TPSA) is 89.5 Å². The summed E-state index contributed by atoms with van der Waals surface area (Å²) in [6.45, 7) is 6.07. The maximum atomic E-state index is 13.4. The average molecular weight is 529 g/mol. The third-order valence-corrected chi connectivity index (χ3v) is 6.55. The van der Waals surface area contributed by atoms with Gasteiger partial charge >= 0.3 is 5.97 Å². The van der Waals surface area contributed by atoms with Crippen molar-refractivity contribution in [1.82, 2.24) is 0 Å². The van der Waals surface area contributed by atoms with Crippen LogP contribution in [0.2, 0.25) is 0 Å². The lowest BCUT2D eigenvalue weighted by Crippen LogP contribution is -2.21. The Hall–Kier alpha value is -4.72. The molecule has 0 spiro atoms. The molecule has 0 aliphatic carbocycles. The van der Waals surface area contributed by atoms with E-state index >= 15 is 0 Å². The van der Waals surface area contributed by atoms with E-state index in [1.807, 2.05) is 19.1 Å². The van der Waals surface area contributed by atoms with Crippen LogP contribution in [0.25, 0.3) is 6.08 Å². The normalized spacial score (nSPS) is 16.6. The molecule has 0 saturated carbocycles. The summed E-state index contributed by atoms with van der Waals surface area (Å²) >= 11 is 0. The van der Waals surface area contributed by atoms with Gasteiger partial charge in [0.05, 0.1) is 33.3 Å². The highest BCUT2D eigenvalue weighted by molar-refractivity contribution is 6.15. The fourth-order valence-electron chi connectivity index (χ4n) is 4.71. The lowest BCUT2D eigenvalue weighted by Gasteiger charge is -2.27. The quantitative estimate of drug-likeness (QED) is 0.159. The van der Waals surface area contributed by atoms with Gasteiger partial charge in [0.2, 0.25) is 5.78 Å². The van der Waals surface area contributed by atoms with Crippen molar-refractivity contribution in [3.05, 3.63) is 88.7 Å². The zero-order valence-corrected chi connectivity index (χ0v) is 22.2. The van der Waals surface area contributed by atoms with E-state index in [2.05, 4.69) is 6.58 Å². The molecule has 2 heterocycles. The van der Waals surface area contributed by atoms with Gasteiger partial charge in [0.15, 0.2) is 28.8 Å². The predicted molar refractivity (Wildman–Crippen MR) is 144 cm³/mol. The average Bonchev–Trinajstić information content (AvgIpc) is 3.25. The van der Waals surface area contributed by atoms with Crippen molar-refractivity contribution in [3.63, 3.8) is 0 Å². The van der Waals surface area contributed by atoms with Gasteiger partial charge in [-0.15, -0.1) is 0 Å². The van der Waals surface area contributed by atoms with Gasteiger partial charge in [0.25, 0.3) is 0 Å². The fourth-order valence-corrected chi connectivity index (χ4v) is 4.71. The standard InChI is InChI=1S/C31H28O8/c1-17(2)16-37-26-14-19(7-10-23(26)35-4)21-15-28(32)38-24-11-8-20-30(33)27(39-31(20)29(21)24)13-18-6-9-22(34-3)25(12-18)36-5/h6-14,21H,1,15-16H2,2-5H3/b27-13-/t21-/m1/s1. The van der Waals surface area contributed by atoms with Crippen LogP contribution >= 0.6 is 0 Å². The van der Waals surface area contributed by atoms with Crippen LogP contribution in [0.4, 0.5) is 0 Å². The van der Waals surface area contributed by atoms with Gasteiger partial charge in [-0.25, -0.2) is 0 Å². The minimum atomic E-state index is -0.428. The number of rotatable bonds is 8. The van der Waals surface area contributed by atoms with Gasteiger partial charge in [-0.1, -0.05) is 18.7 Å². The molecule has 0 unspecified atom stereocenters. The molecule has 200 valence electrons. The van der Waals surface area contributed by atoms with Crippen LogP contribution in [-0.2, 0) is 4.79 Å². The first-order chi connectivity index (χ1) is 18.8. The lowest BCUT2D eigenvalue weighted by molar-refractivity contribution is -0.135. The van der Waals surface area contributed by atoms with Crippen LogP contribution in [0.1, 0.15) is 46.3 Å². The number of methoxy groups -OCH3 is 3. The molecule has 3 aromatic carbocycles. The number of carbonyl (C=O) groups excluding carboxylic acids is 2. The predicted octanol–water partition coefficient (Wildman–Crippen LogP) is 5.72. The monoisotopic (exact) mass is 528 g/mol. The van der Waals surface area contributed by atoms with Gasteiger partial charge in [-0.2, -0.15) is 0 Å². The first-order valence-electron chi connectivity index (χ1n) is 12.3. The number of ketones is 1. The number of ether oxygens (including phenoxy) is 6. The van der Waals surface area contributed by atoms with E-state index in [4.69, 9.17) is 28.4 Å². The highest BCUT2D eigenvalue weighted by Crippen LogP contribution is 2.50. The molecule has 0 aromatic heterocycles. The summed E-state index contributed by atoms with van der Waals surface area (Å²) in [5, 5.41) is 0. The minimum absolute atomic E-state index is 0.0714. The molecule has 1 atom stereocenters. The summed E-state index contributed by atoms with van der Waals surface area (Å²) in [5.41, 5.74) is 3.39. The molecular formula is C31H28O8. The van der Waals surface area contributed by atoms with Crippen molar-refractivity contribution in [1.29, 1.82) is 0 Å². The van der Waals surface area contributed by atoms with Crippen molar-refractivity contribution in [2.75, 3.05) is 27.9 Å². The third-order valence-electron chi connectivity index (χ3n) is 6.55. The van der Waals surface area contributed by atoms with Gasteiger partial charge in [0.1, 0.15) is 18.1 Å². The number of hydrogen-bond donors (Lipinski definition) is 0. The molecule has 2 aliphatic rings. The molecule has 8 heteroatoms.